The van der Waals surface area contributed by atoms with Gasteiger partial charge >= 0.3 is 0 Å². The van der Waals surface area contributed by atoms with Crippen LogP contribution in [0.5, 0.6) is 0 Å². The van der Waals surface area contributed by atoms with Crippen molar-refractivity contribution in [1.82, 2.24) is 0 Å². The molecule has 2 aromatic rings. The average molecular weight is 289 g/mol. The molecule has 2 N–H and O–H groups in total. The summed E-state index contributed by atoms with van der Waals surface area (Å²) in [5.74, 6) is 1.28. The Kier molecular flexibility index (Phi) is 6.09. The van der Waals surface area contributed by atoms with Crippen LogP contribution in [0.3, 0.4) is 0 Å². The van der Waals surface area contributed by atoms with E-state index in [4.69, 9.17) is 5.73 Å². The SMILES string of the molecule is NCC(CCSc1ccccc1)Cc1cccc(F)c1. The predicted octanol–water partition coefficient (Wildman–Crippen LogP) is 4.13. The monoisotopic (exact) mass is 289 g/mol. The second-order valence-corrected chi connectivity index (χ2v) is 6.05. The zero-order valence-electron chi connectivity index (χ0n) is 11.5. The third-order valence-corrected chi connectivity index (χ3v) is 4.33. The Balaban J connectivity index is 1.80. The number of rotatable bonds is 7. The molecular weight excluding hydrogens is 269 g/mol. The van der Waals surface area contributed by atoms with E-state index in [9.17, 15) is 4.39 Å². The largest absolute Gasteiger partial charge is 0.330 e. The van der Waals surface area contributed by atoms with Crippen LogP contribution in [0, 0.1) is 11.7 Å². The number of halogens is 1. The van der Waals surface area contributed by atoms with E-state index in [1.165, 1.54) is 11.0 Å². The molecule has 2 rings (SSSR count). The van der Waals surface area contributed by atoms with E-state index < -0.39 is 0 Å². The van der Waals surface area contributed by atoms with Crippen molar-refractivity contribution in [3.63, 3.8) is 0 Å². The van der Waals surface area contributed by atoms with Gasteiger partial charge in [-0.05, 0) is 60.9 Å². The van der Waals surface area contributed by atoms with Gasteiger partial charge < -0.3 is 5.73 Å². The first kappa shape index (κ1) is 15.1. The molecule has 0 fully saturated rings. The molecular formula is C17H20FNS. The highest BCUT2D eigenvalue weighted by molar-refractivity contribution is 7.99. The fourth-order valence-corrected chi connectivity index (χ4v) is 3.20. The maximum absolute atomic E-state index is 13.2. The summed E-state index contributed by atoms with van der Waals surface area (Å²) in [5.41, 5.74) is 6.87. The Bertz CT molecular complexity index is 515. The molecule has 1 nitrogen and oxygen atoms in total. The van der Waals surface area contributed by atoms with Gasteiger partial charge in [0.2, 0.25) is 0 Å². The maximum atomic E-state index is 13.2. The molecule has 0 amide bonds. The smallest absolute Gasteiger partial charge is 0.123 e. The van der Waals surface area contributed by atoms with Gasteiger partial charge in [-0.15, -0.1) is 11.8 Å². The van der Waals surface area contributed by atoms with Crippen LogP contribution in [0.1, 0.15) is 12.0 Å². The minimum absolute atomic E-state index is 0.170. The lowest BCUT2D eigenvalue weighted by atomic mass is 9.97. The highest BCUT2D eigenvalue weighted by atomic mass is 32.2. The Hall–Kier alpha value is -1.32. The van der Waals surface area contributed by atoms with E-state index in [0.717, 1.165) is 24.2 Å². The summed E-state index contributed by atoms with van der Waals surface area (Å²) in [5, 5.41) is 0. The van der Waals surface area contributed by atoms with Crippen molar-refractivity contribution in [1.29, 1.82) is 0 Å². The first-order valence-electron chi connectivity index (χ1n) is 6.90. The minimum Gasteiger partial charge on any atom is -0.330 e. The summed E-state index contributed by atoms with van der Waals surface area (Å²) >= 11 is 1.85. The predicted molar refractivity (Wildman–Crippen MR) is 84.4 cm³/mol. The van der Waals surface area contributed by atoms with E-state index in [1.54, 1.807) is 12.1 Å². The zero-order valence-corrected chi connectivity index (χ0v) is 12.3. The van der Waals surface area contributed by atoms with Gasteiger partial charge in [-0.3, -0.25) is 0 Å². The van der Waals surface area contributed by atoms with Crippen LogP contribution in [0.4, 0.5) is 4.39 Å². The second-order valence-electron chi connectivity index (χ2n) is 4.89. The van der Waals surface area contributed by atoms with E-state index in [-0.39, 0.29) is 5.82 Å². The van der Waals surface area contributed by atoms with Gasteiger partial charge in [-0.2, -0.15) is 0 Å². The molecule has 2 aromatic carbocycles. The number of benzene rings is 2. The molecule has 0 spiro atoms. The summed E-state index contributed by atoms with van der Waals surface area (Å²) in [6, 6.07) is 17.2. The topological polar surface area (TPSA) is 26.0 Å². The second kappa shape index (κ2) is 8.08. The van der Waals surface area contributed by atoms with Gasteiger partial charge in [-0.1, -0.05) is 30.3 Å². The highest BCUT2D eigenvalue weighted by Gasteiger charge is 2.08. The lowest BCUT2D eigenvalue weighted by molar-refractivity contribution is 0.520. The van der Waals surface area contributed by atoms with Crippen LogP contribution in [-0.4, -0.2) is 12.3 Å². The van der Waals surface area contributed by atoms with Gasteiger partial charge in [0.1, 0.15) is 5.82 Å². The molecule has 0 saturated carbocycles. The minimum atomic E-state index is -0.170. The molecule has 0 aromatic heterocycles. The normalized spacial score (nSPS) is 12.3. The van der Waals surface area contributed by atoms with Crippen molar-refractivity contribution >= 4 is 11.8 Å². The average Bonchev–Trinajstić information content (AvgIpc) is 2.47. The Labute approximate surface area is 124 Å². The van der Waals surface area contributed by atoms with Crippen molar-refractivity contribution in [2.45, 2.75) is 17.7 Å². The number of hydrogen-bond donors (Lipinski definition) is 1. The van der Waals surface area contributed by atoms with Crippen LogP contribution in [0.2, 0.25) is 0 Å². The molecule has 0 aliphatic rings. The molecule has 106 valence electrons. The van der Waals surface area contributed by atoms with Crippen molar-refractivity contribution in [2.24, 2.45) is 11.7 Å². The van der Waals surface area contributed by atoms with Crippen LogP contribution in [0.25, 0.3) is 0 Å². The first-order valence-corrected chi connectivity index (χ1v) is 7.89. The molecule has 0 aliphatic carbocycles. The lowest BCUT2D eigenvalue weighted by Gasteiger charge is -2.14. The molecule has 20 heavy (non-hydrogen) atoms. The number of hydrogen-bond acceptors (Lipinski definition) is 2. The highest BCUT2D eigenvalue weighted by Crippen LogP contribution is 2.21. The molecule has 0 aliphatic heterocycles. The Morgan fingerprint density at radius 3 is 2.55 bits per heavy atom. The fourth-order valence-electron chi connectivity index (χ4n) is 2.16. The van der Waals surface area contributed by atoms with Crippen molar-refractivity contribution < 1.29 is 4.39 Å². The summed E-state index contributed by atoms with van der Waals surface area (Å²) in [6.45, 7) is 0.645. The van der Waals surface area contributed by atoms with E-state index in [2.05, 4.69) is 24.3 Å². The van der Waals surface area contributed by atoms with Crippen LogP contribution in [-0.2, 0) is 6.42 Å². The van der Waals surface area contributed by atoms with Gasteiger partial charge in [0, 0.05) is 4.90 Å². The summed E-state index contributed by atoms with van der Waals surface area (Å²) < 4.78 is 13.2. The third-order valence-electron chi connectivity index (χ3n) is 3.28. The molecule has 3 heteroatoms. The van der Waals surface area contributed by atoms with Crippen molar-refractivity contribution in [3.05, 3.63) is 66.0 Å². The maximum Gasteiger partial charge on any atom is 0.123 e. The molecule has 0 bridgehead atoms. The molecule has 0 heterocycles. The summed E-state index contributed by atoms with van der Waals surface area (Å²) in [6.07, 6.45) is 1.90. The van der Waals surface area contributed by atoms with E-state index in [0.29, 0.717) is 12.5 Å². The van der Waals surface area contributed by atoms with Crippen molar-refractivity contribution in [2.75, 3.05) is 12.3 Å². The van der Waals surface area contributed by atoms with E-state index in [1.807, 2.05) is 23.9 Å². The van der Waals surface area contributed by atoms with Gasteiger partial charge in [-0.25, -0.2) is 4.39 Å². The first-order chi connectivity index (χ1) is 9.78. The molecule has 1 atom stereocenters. The summed E-state index contributed by atoms with van der Waals surface area (Å²) in [7, 11) is 0. The van der Waals surface area contributed by atoms with Crippen molar-refractivity contribution in [3.8, 4) is 0 Å². The van der Waals surface area contributed by atoms with Gasteiger partial charge in [0.05, 0.1) is 0 Å². The van der Waals surface area contributed by atoms with Crippen LogP contribution in [0.15, 0.2) is 59.5 Å². The zero-order chi connectivity index (χ0) is 14.2. The number of thioether (sulfide) groups is 1. The fraction of sp³-hybridized carbons (Fsp3) is 0.294. The third kappa shape index (κ3) is 4.99. The summed E-state index contributed by atoms with van der Waals surface area (Å²) in [4.78, 5) is 1.29. The Morgan fingerprint density at radius 1 is 1.05 bits per heavy atom. The molecule has 0 radical (unpaired) electrons. The van der Waals surface area contributed by atoms with Gasteiger partial charge in [0.25, 0.3) is 0 Å². The lowest BCUT2D eigenvalue weighted by Crippen LogP contribution is -2.17. The van der Waals surface area contributed by atoms with Gasteiger partial charge in [0.15, 0.2) is 0 Å². The van der Waals surface area contributed by atoms with E-state index >= 15 is 0 Å². The van der Waals surface area contributed by atoms with Crippen LogP contribution >= 0.6 is 11.8 Å². The Morgan fingerprint density at radius 2 is 1.85 bits per heavy atom. The standard InChI is InChI=1S/C17H20FNS/c18-16-6-4-5-14(12-16)11-15(13-19)9-10-20-17-7-2-1-3-8-17/h1-8,12,15H,9-11,13,19H2. The quantitative estimate of drug-likeness (QED) is 0.776. The molecule has 0 saturated heterocycles. The number of nitrogens with two attached hydrogens (primary N) is 1. The molecule has 1 unspecified atom stereocenters. The van der Waals surface area contributed by atoms with Crippen LogP contribution < -0.4 is 5.73 Å².